The first kappa shape index (κ1) is 8.38. The molecular weight excluding hydrogens is 134 g/mol. The van der Waals surface area contributed by atoms with Crippen molar-refractivity contribution in [2.24, 2.45) is 5.92 Å². The second-order valence-electron chi connectivity index (χ2n) is 3.34. The smallest absolute Gasteiger partial charge is 0.0442 e. The largest absolute Gasteiger partial charge is 0.385 e. The number of dihydropyridines is 1. The van der Waals surface area contributed by atoms with Gasteiger partial charge < -0.3 is 5.32 Å². The van der Waals surface area contributed by atoms with Crippen LogP contribution in [0.15, 0.2) is 23.9 Å². The van der Waals surface area contributed by atoms with Crippen molar-refractivity contribution < 1.29 is 0 Å². The zero-order chi connectivity index (χ0) is 8.27. The fourth-order valence-corrected chi connectivity index (χ4v) is 1.22. The summed E-state index contributed by atoms with van der Waals surface area (Å²) in [4.78, 5) is 0. The molecule has 1 aliphatic rings. The molecule has 1 heteroatoms. The van der Waals surface area contributed by atoms with Crippen molar-refractivity contribution in [3.63, 3.8) is 0 Å². The molecule has 1 atom stereocenters. The Bertz CT molecular complexity index is 177. The van der Waals surface area contributed by atoms with Crippen LogP contribution in [0.5, 0.6) is 0 Å². The standard InChI is InChI=1S/C10H17N/c1-4-10-7-9(8(2)3)5-6-11-10/h5-8,10-11H,4H2,1-3H3. The lowest BCUT2D eigenvalue weighted by Crippen LogP contribution is -2.24. The monoisotopic (exact) mass is 151 g/mol. The second-order valence-corrected chi connectivity index (χ2v) is 3.34. The molecule has 1 heterocycles. The highest BCUT2D eigenvalue weighted by Gasteiger charge is 2.07. The van der Waals surface area contributed by atoms with Gasteiger partial charge in [-0.1, -0.05) is 26.8 Å². The molecule has 0 saturated carbocycles. The lowest BCUT2D eigenvalue weighted by Gasteiger charge is -2.19. The first-order valence-electron chi connectivity index (χ1n) is 4.38. The van der Waals surface area contributed by atoms with Crippen LogP contribution in [-0.2, 0) is 0 Å². The predicted octanol–water partition coefficient (Wildman–Crippen LogP) is 2.46. The van der Waals surface area contributed by atoms with Gasteiger partial charge in [0, 0.05) is 6.04 Å². The Labute approximate surface area is 69.2 Å². The van der Waals surface area contributed by atoms with Crippen molar-refractivity contribution in [3.05, 3.63) is 23.9 Å². The molecule has 11 heavy (non-hydrogen) atoms. The Hall–Kier alpha value is -0.720. The second kappa shape index (κ2) is 3.61. The molecule has 0 amide bonds. The van der Waals surface area contributed by atoms with Crippen LogP contribution in [0.3, 0.4) is 0 Å². The van der Waals surface area contributed by atoms with Crippen LogP contribution in [0.25, 0.3) is 0 Å². The van der Waals surface area contributed by atoms with E-state index in [-0.39, 0.29) is 0 Å². The van der Waals surface area contributed by atoms with Gasteiger partial charge >= 0.3 is 0 Å². The number of rotatable bonds is 2. The van der Waals surface area contributed by atoms with Crippen molar-refractivity contribution in [2.75, 3.05) is 0 Å². The fraction of sp³-hybridized carbons (Fsp3) is 0.600. The van der Waals surface area contributed by atoms with E-state index in [1.165, 1.54) is 12.0 Å². The number of nitrogens with one attached hydrogen (secondary N) is 1. The molecule has 0 radical (unpaired) electrons. The normalized spacial score (nSPS) is 23.3. The van der Waals surface area contributed by atoms with Gasteiger partial charge in [-0.2, -0.15) is 0 Å². The summed E-state index contributed by atoms with van der Waals surface area (Å²) in [7, 11) is 0. The van der Waals surface area contributed by atoms with Gasteiger partial charge in [0.1, 0.15) is 0 Å². The lowest BCUT2D eigenvalue weighted by atomic mass is 9.98. The molecule has 62 valence electrons. The first-order valence-corrected chi connectivity index (χ1v) is 4.38. The van der Waals surface area contributed by atoms with Gasteiger partial charge in [-0.3, -0.25) is 0 Å². The van der Waals surface area contributed by atoms with E-state index >= 15 is 0 Å². The van der Waals surface area contributed by atoms with E-state index in [0.29, 0.717) is 12.0 Å². The van der Waals surface area contributed by atoms with Gasteiger partial charge in [0.15, 0.2) is 0 Å². The van der Waals surface area contributed by atoms with Crippen LogP contribution < -0.4 is 5.32 Å². The molecule has 0 bridgehead atoms. The van der Waals surface area contributed by atoms with Crippen LogP contribution in [0.4, 0.5) is 0 Å². The molecule has 1 N–H and O–H groups in total. The summed E-state index contributed by atoms with van der Waals surface area (Å²) in [6.07, 6.45) is 7.71. The molecule has 1 unspecified atom stereocenters. The van der Waals surface area contributed by atoms with E-state index in [9.17, 15) is 0 Å². The van der Waals surface area contributed by atoms with Crippen LogP contribution in [0.1, 0.15) is 27.2 Å². The van der Waals surface area contributed by atoms with Crippen molar-refractivity contribution in [3.8, 4) is 0 Å². The summed E-state index contributed by atoms with van der Waals surface area (Å²) in [6.45, 7) is 6.66. The Kier molecular flexibility index (Phi) is 2.75. The SMILES string of the molecule is CCC1C=C(C(C)C)C=CN1. The molecule has 0 aromatic heterocycles. The molecule has 1 rings (SSSR count). The minimum Gasteiger partial charge on any atom is -0.385 e. The average Bonchev–Trinajstić information content (AvgIpc) is 2.05. The molecule has 0 fully saturated rings. The Morgan fingerprint density at radius 1 is 1.55 bits per heavy atom. The van der Waals surface area contributed by atoms with Crippen LogP contribution in [0, 0.1) is 5.92 Å². The highest BCUT2D eigenvalue weighted by Crippen LogP contribution is 2.15. The average molecular weight is 151 g/mol. The van der Waals surface area contributed by atoms with Gasteiger partial charge in [-0.25, -0.2) is 0 Å². The van der Waals surface area contributed by atoms with Crippen molar-refractivity contribution >= 4 is 0 Å². The van der Waals surface area contributed by atoms with E-state index < -0.39 is 0 Å². The van der Waals surface area contributed by atoms with Gasteiger partial charge in [-0.15, -0.1) is 0 Å². The molecule has 1 aliphatic heterocycles. The quantitative estimate of drug-likeness (QED) is 0.639. The van der Waals surface area contributed by atoms with Crippen molar-refractivity contribution in [2.45, 2.75) is 33.2 Å². The van der Waals surface area contributed by atoms with Gasteiger partial charge in [0.2, 0.25) is 0 Å². The van der Waals surface area contributed by atoms with E-state index in [1.54, 1.807) is 0 Å². The summed E-state index contributed by atoms with van der Waals surface area (Å²) < 4.78 is 0. The molecule has 0 aliphatic carbocycles. The molecule has 0 saturated heterocycles. The highest BCUT2D eigenvalue weighted by atomic mass is 14.9. The maximum Gasteiger partial charge on any atom is 0.0442 e. The number of hydrogen-bond acceptors (Lipinski definition) is 1. The molecule has 0 aromatic carbocycles. The van der Waals surface area contributed by atoms with Gasteiger partial charge in [0.05, 0.1) is 0 Å². The number of allylic oxidation sites excluding steroid dienone is 2. The van der Waals surface area contributed by atoms with E-state index in [2.05, 4.69) is 44.4 Å². The third-order valence-electron chi connectivity index (χ3n) is 2.09. The fourth-order valence-electron chi connectivity index (χ4n) is 1.22. The summed E-state index contributed by atoms with van der Waals surface area (Å²) >= 11 is 0. The minimum atomic E-state index is 0.553. The summed E-state index contributed by atoms with van der Waals surface area (Å²) in [5.41, 5.74) is 1.45. The Balaban J connectivity index is 2.64. The molecule has 0 aromatic rings. The predicted molar refractivity (Wildman–Crippen MR) is 49.3 cm³/mol. The van der Waals surface area contributed by atoms with E-state index in [4.69, 9.17) is 0 Å². The highest BCUT2D eigenvalue weighted by molar-refractivity contribution is 5.26. The summed E-state index contributed by atoms with van der Waals surface area (Å²) in [5, 5.41) is 3.30. The van der Waals surface area contributed by atoms with Gasteiger partial charge in [-0.05, 0) is 30.2 Å². The zero-order valence-electron chi connectivity index (χ0n) is 7.59. The summed E-state index contributed by atoms with van der Waals surface area (Å²) in [6, 6.07) is 0.553. The Morgan fingerprint density at radius 2 is 2.27 bits per heavy atom. The van der Waals surface area contributed by atoms with E-state index in [0.717, 1.165) is 0 Å². The maximum atomic E-state index is 3.30. The lowest BCUT2D eigenvalue weighted by molar-refractivity contribution is 0.646. The first-order chi connectivity index (χ1) is 5.24. The van der Waals surface area contributed by atoms with Gasteiger partial charge in [0.25, 0.3) is 0 Å². The topological polar surface area (TPSA) is 12.0 Å². The van der Waals surface area contributed by atoms with Crippen LogP contribution in [0.2, 0.25) is 0 Å². The third-order valence-corrected chi connectivity index (χ3v) is 2.09. The van der Waals surface area contributed by atoms with Crippen LogP contribution in [-0.4, -0.2) is 6.04 Å². The van der Waals surface area contributed by atoms with E-state index in [1.807, 2.05) is 0 Å². The van der Waals surface area contributed by atoms with Crippen molar-refractivity contribution in [1.29, 1.82) is 0 Å². The zero-order valence-corrected chi connectivity index (χ0v) is 7.59. The summed E-state index contributed by atoms with van der Waals surface area (Å²) in [5.74, 6) is 0.655. The number of hydrogen-bond donors (Lipinski definition) is 1. The molecule has 1 nitrogen and oxygen atoms in total. The Morgan fingerprint density at radius 3 is 2.82 bits per heavy atom. The maximum absolute atomic E-state index is 3.30. The van der Waals surface area contributed by atoms with Crippen LogP contribution >= 0.6 is 0 Å². The third kappa shape index (κ3) is 2.11. The molecular formula is C10H17N. The minimum absolute atomic E-state index is 0.553. The van der Waals surface area contributed by atoms with Crippen molar-refractivity contribution in [1.82, 2.24) is 5.32 Å². The molecule has 0 spiro atoms.